The Morgan fingerprint density at radius 3 is 2.72 bits per heavy atom. The zero-order valence-electron chi connectivity index (χ0n) is 16.4. The van der Waals surface area contributed by atoms with Crippen LogP contribution in [-0.4, -0.2) is 32.0 Å². The minimum Gasteiger partial charge on any atom is -0.383 e. The van der Waals surface area contributed by atoms with Crippen molar-refractivity contribution < 1.29 is 13.9 Å². The first-order valence-corrected chi connectivity index (χ1v) is 9.69. The summed E-state index contributed by atoms with van der Waals surface area (Å²) in [4.78, 5) is 3.91. The first kappa shape index (κ1) is 21.1. The Kier molecular flexibility index (Phi) is 7.06. The van der Waals surface area contributed by atoms with Crippen LogP contribution in [-0.2, 0) is 13.1 Å². The highest BCUT2D eigenvalue weighted by molar-refractivity contribution is 5.37. The molecular formula is C22H26F2N4O. The van der Waals surface area contributed by atoms with Gasteiger partial charge in [-0.3, -0.25) is 0 Å². The Hall–Kier alpha value is -2.64. The topological polar surface area (TPSA) is 63.0 Å². The second-order valence-corrected chi connectivity index (χ2v) is 7.30. The highest BCUT2D eigenvalue weighted by atomic mass is 19.1. The van der Waals surface area contributed by atoms with Gasteiger partial charge in [-0.05, 0) is 24.1 Å². The Balaban J connectivity index is 1.81. The van der Waals surface area contributed by atoms with E-state index in [1.807, 2.05) is 37.3 Å². The molecule has 2 atom stereocenters. The van der Waals surface area contributed by atoms with E-state index >= 15 is 0 Å². The smallest absolute Gasteiger partial charge is 0.137 e. The highest BCUT2D eigenvalue weighted by Crippen LogP contribution is 2.35. The van der Waals surface area contributed by atoms with Crippen molar-refractivity contribution in [2.45, 2.75) is 38.5 Å². The lowest BCUT2D eigenvalue weighted by atomic mass is 9.79. The molecule has 2 aromatic rings. The van der Waals surface area contributed by atoms with Crippen molar-refractivity contribution >= 4 is 0 Å². The third-order valence-corrected chi connectivity index (χ3v) is 5.17. The van der Waals surface area contributed by atoms with Crippen molar-refractivity contribution in [3.8, 4) is 0 Å². The minimum absolute atomic E-state index is 0.0421. The van der Waals surface area contributed by atoms with Crippen LogP contribution in [0.25, 0.3) is 0 Å². The van der Waals surface area contributed by atoms with Crippen LogP contribution in [0, 0.1) is 5.92 Å². The Morgan fingerprint density at radius 2 is 2.00 bits per heavy atom. The van der Waals surface area contributed by atoms with Crippen molar-refractivity contribution in [3.05, 3.63) is 84.0 Å². The molecule has 0 saturated carbocycles. The van der Waals surface area contributed by atoms with E-state index in [2.05, 4.69) is 15.4 Å². The summed E-state index contributed by atoms with van der Waals surface area (Å²) in [6.45, 7) is 2.99. The third-order valence-electron chi connectivity index (χ3n) is 5.17. The molecule has 0 spiro atoms. The van der Waals surface area contributed by atoms with Gasteiger partial charge in [0, 0.05) is 31.0 Å². The monoisotopic (exact) mass is 400 g/mol. The van der Waals surface area contributed by atoms with Gasteiger partial charge in [0.2, 0.25) is 0 Å². The third kappa shape index (κ3) is 5.46. The largest absolute Gasteiger partial charge is 0.383 e. The van der Waals surface area contributed by atoms with Crippen LogP contribution in [0.4, 0.5) is 8.78 Å². The molecule has 1 aromatic carbocycles. The molecule has 0 saturated heterocycles. The summed E-state index contributed by atoms with van der Waals surface area (Å²) in [5.74, 6) is -1.34. The number of aliphatic hydroxyl groups is 1. The fourth-order valence-corrected chi connectivity index (χ4v) is 3.43. The van der Waals surface area contributed by atoms with E-state index in [1.54, 1.807) is 6.08 Å². The van der Waals surface area contributed by atoms with Crippen LogP contribution >= 0.6 is 0 Å². The van der Waals surface area contributed by atoms with Crippen molar-refractivity contribution in [2.75, 3.05) is 6.54 Å². The number of allylic oxidation sites excluding steroid dienone is 4. The molecule has 0 amide bonds. The molecule has 0 radical (unpaired) electrons. The quantitative estimate of drug-likeness (QED) is 0.706. The van der Waals surface area contributed by atoms with Gasteiger partial charge in [-0.2, -0.15) is 5.10 Å². The molecule has 3 rings (SSSR count). The van der Waals surface area contributed by atoms with E-state index < -0.39 is 11.4 Å². The number of halogens is 2. The molecule has 2 N–H and O–H groups in total. The van der Waals surface area contributed by atoms with Crippen LogP contribution in [0.3, 0.4) is 0 Å². The average molecular weight is 400 g/mol. The molecule has 2 unspecified atom stereocenters. The minimum atomic E-state index is -1.54. The fourth-order valence-electron chi connectivity index (χ4n) is 3.43. The lowest BCUT2D eigenvalue weighted by Gasteiger charge is -2.36. The van der Waals surface area contributed by atoms with E-state index in [9.17, 15) is 13.9 Å². The Labute approximate surface area is 169 Å². The molecule has 1 aromatic heterocycles. The maximum absolute atomic E-state index is 14.9. The number of hydrogen-bond donors (Lipinski definition) is 2. The number of nitrogens with zero attached hydrogens (tertiary/aromatic N) is 3. The second-order valence-electron chi connectivity index (χ2n) is 7.30. The van der Waals surface area contributed by atoms with Crippen LogP contribution < -0.4 is 5.32 Å². The van der Waals surface area contributed by atoms with Gasteiger partial charge in [0.15, 0.2) is 0 Å². The SMILES string of the molecule is CC(CNCc1ccccc1)C(O)(Cn1cncn1)/C1=C/C/C=C(/F)CC=C1F. The summed E-state index contributed by atoms with van der Waals surface area (Å²) in [5.41, 5.74) is -0.262. The summed E-state index contributed by atoms with van der Waals surface area (Å²) in [7, 11) is 0. The maximum Gasteiger partial charge on any atom is 0.137 e. The van der Waals surface area contributed by atoms with Crippen molar-refractivity contribution in [2.24, 2.45) is 5.92 Å². The predicted molar refractivity (Wildman–Crippen MR) is 108 cm³/mol. The van der Waals surface area contributed by atoms with Gasteiger partial charge in [0.1, 0.15) is 29.9 Å². The number of hydrogen-bond acceptors (Lipinski definition) is 4. The first-order valence-electron chi connectivity index (χ1n) is 9.69. The van der Waals surface area contributed by atoms with Crippen LogP contribution in [0.1, 0.15) is 25.3 Å². The van der Waals surface area contributed by atoms with Gasteiger partial charge < -0.3 is 10.4 Å². The van der Waals surface area contributed by atoms with E-state index in [0.717, 1.165) is 5.56 Å². The van der Waals surface area contributed by atoms with Gasteiger partial charge in [-0.1, -0.05) is 43.3 Å². The standard InChI is InChI=1S/C22H26F2N4O/c1-17(12-25-13-18-6-3-2-4-7-18)22(29,14-28-16-26-15-27-28)20-9-5-8-19(23)10-11-21(20)24/h2-4,6-9,11,15-17,25,29H,5,10,12-14H2,1H3/b19-8+,20-9+,21-11?. The molecule has 154 valence electrons. The van der Waals surface area contributed by atoms with Gasteiger partial charge in [0.25, 0.3) is 0 Å². The van der Waals surface area contributed by atoms with Crippen LogP contribution in [0.2, 0.25) is 0 Å². The summed E-state index contributed by atoms with van der Waals surface area (Å²) in [5, 5.41) is 19.0. The number of rotatable bonds is 8. The van der Waals surface area contributed by atoms with Crippen molar-refractivity contribution in [3.63, 3.8) is 0 Å². The second kappa shape index (κ2) is 9.71. The first-order chi connectivity index (χ1) is 14.0. The van der Waals surface area contributed by atoms with Gasteiger partial charge >= 0.3 is 0 Å². The zero-order chi connectivity index (χ0) is 20.7. The van der Waals surface area contributed by atoms with Gasteiger partial charge in [-0.25, -0.2) is 18.4 Å². The summed E-state index contributed by atoms with van der Waals surface area (Å²) >= 11 is 0. The van der Waals surface area contributed by atoms with Crippen LogP contribution in [0.5, 0.6) is 0 Å². The van der Waals surface area contributed by atoms with E-state index in [-0.39, 0.29) is 36.7 Å². The van der Waals surface area contributed by atoms with E-state index in [0.29, 0.717) is 13.1 Å². The molecule has 29 heavy (non-hydrogen) atoms. The van der Waals surface area contributed by atoms with Crippen LogP contribution in [0.15, 0.2) is 78.4 Å². The number of benzene rings is 1. The molecule has 1 aliphatic rings. The molecule has 0 fully saturated rings. The molecule has 0 aliphatic heterocycles. The molecule has 7 heteroatoms. The average Bonchev–Trinajstić information content (AvgIpc) is 3.21. The number of nitrogens with one attached hydrogen (secondary N) is 1. The molecule has 5 nitrogen and oxygen atoms in total. The lowest BCUT2D eigenvalue weighted by Crippen LogP contribution is -2.47. The zero-order valence-corrected chi connectivity index (χ0v) is 16.4. The fraction of sp³-hybridized carbons (Fsp3) is 0.364. The van der Waals surface area contributed by atoms with Crippen molar-refractivity contribution in [1.29, 1.82) is 0 Å². The molecule has 0 bridgehead atoms. The van der Waals surface area contributed by atoms with Crippen molar-refractivity contribution in [1.82, 2.24) is 20.1 Å². The normalized spacial score (nSPS) is 21.6. The summed E-state index contributed by atoms with van der Waals surface area (Å²) < 4.78 is 29.9. The van der Waals surface area contributed by atoms with E-state index in [1.165, 1.54) is 29.5 Å². The predicted octanol–water partition coefficient (Wildman–Crippen LogP) is 3.86. The Morgan fingerprint density at radius 1 is 1.21 bits per heavy atom. The number of aromatic nitrogens is 3. The van der Waals surface area contributed by atoms with Gasteiger partial charge in [0.05, 0.1) is 6.54 Å². The van der Waals surface area contributed by atoms with Gasteiger partial charge in [-0.15, -0.1) is 0 Å². The van der Waals surface area contributed by atoms with E-state index in [4.69, 9.17) is 0 Å². The molecular weight excluding hydrogens is 374 g/mol. The highest BCUT2D eigenvalue weighted by Gasteiger charge is 2.40. The molecule has 1 aliphatic carbocycles. The summed E-state index contributed by atoms with van der Waals surface area (Å²) in [6, 6.07) is 9.91. The Bertz CT molecular complexity index is 877. The summed E-state index contributed by atoms with van der Waals surface area (Å²) in [6.07, 6.45) is 7.07. The molecule has 1 heterocycles. The lowest BCUT2D eigenvalue weighted by molar-refractivity contribution is 0.00421. The maximum atomic E-state index is 14.9.